The number of benzene rings is 1. The summed E-state index contributed by atoms with van der Waals surface area (Å²) in [5.74, 6) is 0.588. The van der Waals surface area contributed by atoms with Crippen LogP contribution in [0.25, 0.3) is 11.4 Å². The molecule has 4 nitrogen and oxygen atoms in total. The minimum absolute atomic E-state index is 0.157. The molecule has 0 fully saturated rings. The van der Waals surface area contributed by atoms with Gasteiger partial charge in [0.05, 0.1) is 5.56 Å². The van der Waals surface area contributed by atoms with Crippen LogP contribution in [0.3, 0.4) is 0 Å². The molecule has 2 rings (SSSR count). The number of aryl methyl sites for hydroxylation is 2. The lowest BCUT2D eigenvalue weighted by molar-refractivity contribution is 0.943. The lowest BCUT2D eigenvalue weighted by atomic mass is 10.1. The van der Waals surface area contributed by atoms with Crippen LogP contribution in [0.1, 0.15) is 16.8 Å². The van der Waals surface area contributed by atoms with Gasteiger partial charge in [-0.2, -0.15) is 0 Å². The van der Waals surface area contributed by atoms with E-state index in [0.717, 1.165) is 5.56 Å². The Morgan fingerprint density at radius 1 is 1.24 bits per heavy atom. The van der Waals surface area contributed by atoms with E-state index < -0.39 is 0 Å². The second kappa shape index (κ2) is 4.51. The molecule has 17 heavy (non-hydrogen) atoms. The first-order chi connectivity index (χ1) is 8.11. The monoisotopic (exact) mass is 229 g/mol. The van der Waals surface area contributed by atoms with Gasteiger partial charge in [-0.25, -0.2) is 4.98 Å². The number of nitrogens with two attached hydrogens (primary N) is 1. The fourth-order valence-electron chi connectivity index (χ4n) is 1.70. The molecular formula is C13H15N3O. The van der Waals surface area contributed by atoms with Crippen LogP contribution in [-0.2, 0) is 6.54 Å². The number of hydrogen-bond acceptors (Lipinski definition) is 3. The van der Waals surface area contributed by atoms with Crippen LogP contribution in [0.4, 0.5) is 0 Å². The van der Waals surface area contributed by atoms with Gasteiger partial charge in [0, 0.05) is 17.8 Å². The Labute approximate surface area is 99.5 Å². The molecule has 0 aliphatic rings. The van der Waals surface area contributed by atoms with Crippen molar-refractivity contribution in [2.24, 2.45) is 5.73 Å². The predicted octanol–water partition coefficient (Wildman–Crippen LogP) is 1.51. The summed E-state index contributed by atoms with van der Waals surface area (Å²) in [5, 5.41) is 0. The van der Waals surface area contributed by atoms with Crippen LogP contribution in [0.15, 0.2) is 29.1 Å². The molecule has 0 spiro atoms. The zero-order valence-corrected chi connectivity index (χ0v) is 9.95. The Morgan fingerprint density at radius 3 is 2.41 bits per heavy atom. The predicted molar refractivity (Wildman–Crippen MR) is 67.7 cm³/mol. The molecule has 0 unspecified atom stereocenters. The summed E-state index contributed by atoms with van der Waals surface area (Å²) in [7, 11) is 0. The van der Waals surface area contributed by atoms with E-state index in [0.29, 0.717) is 17.1 Å². The third-order valence-electron chi connectivity index (χ3n) is 2.75. The summed E-state index contributed by atoms with van der Waals surface area (Å²) in [6.07, 6.45) is 0. The maximum absolute atomic E-state index is 11.8. The Balaban J connectivity index is 2.54. The molecule has 0 radical (unpaired) electrons. The molecule has 0 amide bonds. The minimum atomic E-state index is -0.157. The van der Waals surface area contributed by atoms with Gasteiger partial charge in [0.15, 0.2) is 0 Å². The van der Waals surface area contributed by atoms with E-state index in [1.54, 1.807) is 6.92 Å². The normalized spacial score (nSPS) is 10.5. The van der Waals surface area contributed by atoms with Crippen molar-refractivity contribution in [2.75, 3.05) is 0 Å². The van der Waals surface area contributed by atoms with E-state index in [2.05, 4.69) is 9.97 Å². The zero-order valence-electron chi connectivity index (χ0n) is 9.95. The van der Waals surface area contributed by atoms with Crippen molar-refractivity contribution in [3.05, 3.63) is 51.4 Å². The molecule has 0 bridgehead atoms. The molecule has 3 N–H and O–H groups in total. The van der Waals surface area contributed by atoms with Crippen molar-refractivity contribution in [2.45, 2.75) is 20.4 Å². The van der Waals surface area contributed by atoms with Crippen molar-refractivity contribution in [3.8, 4) is 11.4 Å². The van der Waals surface area contributed by atoms with Gasteiger partial charge in [-0.05, 0) is 13.8 Å². The van der Waals surface area contributed by atoms with E-state index in [1.165, 1.54) is 5.56 Å². The van der Waals surface area contributed by atoms with Gasteiger partial charge < -0.3 is 10.7 Å². The number of nitrogens with one attached hydrogen (secondary N) is 1. The molecule has 1 aromatic heterocycles. The number of aromatic nitrogens is 2. The summed E-state index contributed by atoms with van der Waals surface area (Å²) < 4.78 is 0. The van der Waals surface area contributed by atoms with Crippen molar-refractivity contribution in [1.82, 2.24) is 9.97 Å². The SMILES string of the molecule is Cc1ccc(-c2nc(C)c(CN)c(=O)[nH]2)cc1. The standard InChI is InChI=1S/C13H15N3O/c1-8-3-5-10(6-4-8)12-15-9(2)11(7-14)13(17)16-12/h3-6H,7,14H2,1-2H3,(H,15,16,17). The third-order valence-corrected chi connectivity index (χ3v) is 2.75. The topological polar surface area (TPSA) is 71.8 Å². The van der Waals surface area contributed by atoms with E-state index in [1.807, 2.05) is 31.2 Å². The summed E-state index contributed by atoms with van der Waals surface area (Å²) >= 11 is 0. The molecule has 0 aliphatic carbocycles. The molecule has 0 atom stereocenters. The molecule has 88 valence electrons. The molecule has 0 aliphatic heterocycles. The Kier molecular flexibility index (Phi) is 3.06. The van der Waals surface area contributed by atoms with E-state index in [-0.39, 0.29) is 12.1 Å². The maximum Gasteiger partial charge on any atom is 0.255 e. The van der Waals surface area contributed by atoms with E-state index in [9.17, 15) is 4.79 Å². The molecule has 2 aromatic rings. The minimum Gasteiger partial charge on any atom is -0.326 e. The molecule has 0 saturated heterocycles. The van der Waals surface area contributed by atoms with Crippen LogP contribution in [0.2, 0.25) is 0 Å². The smallest absolute Gasteiger partial charge is 0.255 e. The first-order valence-electron chi connectivity index (χ1n) is 5.48. The highest BCUT2D eigenvalue weighted by atomic mass is 16.1. The Morgan fingerprint density at radius 2 is 1.88 bits per heavy atom. The molecule has 0 saturated carbocycles. The number of rotatable bonds is 2. The lowest BCUT2D eigenvalue weighted by Crippen LogP contribution is -2.20. The zero-order chi connectivity index (χ0) is 12.4. The van der Waals surface area contributed by atoms with Crippen molar-refractivity contribution in [1.29, 1.82) is 0 Å². The second-order valence-corrected chi connectivity index (χ2v) is 4.05. The van der Waals surface area contributed by atoms with Crippen molar-refractivity contribution >= 4 is 0 Å². The molecule has 1 heterocycles. The molecular weight excluding hydrogens is 214 g/mol. The van der Waals surface area contributed by atoms with E-state index in [4.69, 9.17) is 5.73 Å². The van der Waals surface area contributed by atoms with Gasteiger partial charge in [0.2, 0.25) is 0 Å². The van der Waals surface area contributed by atoms with Crippen molar-refractivity contribution in [3.63, 3.8) is 0 Å². The Hall–Kier alpha value is -1.94. The van der Waals surface area contributed by atoms with Crippen LogP contribution in [0.5, 0.6) is 0 Å². The van der Waals surface area contributed by atoms with Gasteiger partial charge in [0.25, 0.3) is 5.56 Å². The van der Waals surface area contributed by atoms with Gasteiger partial charge in [-0.1, -0.05) is 29.8 Å². The maximum atomic E-state index is 11.8. The summed E-state index contributed by atoms with van der Waals surface area (Å²) in [6.45, 7) is 4.03. The summed E-state index contributed by atoms with van der Waals surface area (Å²) in [5.41, 5.74) is 8.65. The van der Waals surface area contributed by atoms with Gasteiger partial charge in [-0.15, -0.1) is 0 Å². The first kappa shape index (κ1) is 11.5. The number of aromatic amines is 1. The molecule has 4 heteroatoms. The number of nitrogens with zero attached hydrogens (tertiary/aromatic N) is 1. The van der Waals surface area contributed by atoms with Gasteiger partial charge in [-0.3, -0.25) is 4.79 Å². The average molecular weight is 229 g/mol. The highest BCUT2D eigenvalue weighted by Crippen LogP contribution is 2.15. The van der Waals surface area contributed by atoms with Gasteiger partial charge in [0.1, 0.15) is 5.82 Å². The average Bonchev–Trinajstić information content (AvgIpc) is 2.29. The fourth-order valence-corrected chi connectivity index (χ4v) is 1.70. The Bertz CT molecular complexity index is 585. The van der Waals surface area contributed by atoms with Crippen molar-refractivity contribution < 1.29 is 0 Å². The third kappa shape index (κ3) is 2.26. The van der Waals surface area contributed by atoms with Crippen LogP contribution in [-0.4, -0.2) is 9.97 Å². The summed E-state index contributed by atoms with van der Waals surface area (Å²) in [4.78, 5) is 18.9. The lowest BCUT2D eigenvalue weighted by Gasteiger charge is -2.05. The van der Waals surface area contributed by atoms with Crippen LogP contribution >= 0.6 is 0 Å². The van der Waals surface area contributed by atoms with E-state index >= 15 is 0 Å². The molecule has 1 aromatic carbocycles. The highest BCUT2D eigenvalue weighted by molar-refractivity contribution is 5.55. The number of H-pyrrole nitrogens is 1. The highest BCUT2D eigenvalue weighted by Gasteiger charge is 2.07. The second-order valence-electron chi connectivity index (χ2n) is 4.05. The van der Waals surface area contributed by atoms with Crippen LogP contribution < -0.4 is 11.3 Å². The first-order valence-corrected chi connectivity index (χ1v) is 5.48. The van der Waals surface area contributed by atoms with Crippen LogP contribution in [0, 0.1) is 13.8 Å². The largest absolute Gasteiger partial charge is 0.326 e. The fraction of sp³-hybridized carbons (Fsp3) is 0.231. The summed E-state index contributed by atoms with van der Waals surface area (Å²) in [6, 6.07) is 7.85. The quantitative estimate of drug-likeness (QED) is 0.820. The number of hydrogen-bond donors (Lipinski definition) is 2. The van der Waals surface area contributed by atoms with Gasteiger partial charge >= 0.3 is 0 Å².